The highest BCUT2D eigenvalue weighted by molar-refractivity contribution is 6.60. The summed E-state index contributed by atoms with van der Waals surface area (Å²) in [6, 6.07) is 0.863. The van der Waals surface area contributed by atoms with E-state index in [1.165, 1.54) is 12.8 Å². The summed E-state index contributed by atoms with van der Waals surface area (Å²) in [7, 11) is 2.60. The van der Waals surface area contributed by atoms with Crippen molar-refractivity contribution in [3.05, 3.63) is 12.2 Å². The van der Waals surface area contributed by atoms with Crippen LogP contribution in [0.1, 0.15) is 26.2 Å². The van der Waals surface area contributed by atoms with Crippen LogP contribution in [0.4, 0.5) is 0 Å². The third-order valence-electron chi connectivity index (χ3n) is 4.54. The highest BCUT2D eigenvalue weighted by Gasteiger charge is 2.47. The molecule has 0 aromatic heterocycles. The second-order valence-corrected chi connectivity index (χ2v) is 8.49. The van der Waals surface area contributed by atoms with Crippen molar-refractivity contribution < 1.29 is 18.0 Å². The molecule has 2 aliphatic heterocycles. The van der Waals surface area contributed by atoms with E-state index in [0.29, 0.717) is 24.0 Å². The Morgan fingerprint density at radius 2 is 1.47 bits per heavy atom. The molecule has 2 bridgehead atoms. The minimum Gasteiger partial charge on any atom is -0.377 e. The summed E-state index contributed by atoms with van der Waals surface area (Å²) >= 11 is 0. The predicted molar refractivity (Wildman–Crippen MR) is 75.9 cm³/mol. The molecular formula is C14H26O4Si. The quantitative estimate of drug-likeness (QED) is 0.508. The Morgan fingerprint density at radius 1 is 0.947 bits per heavy atom. The van der Waals surface area contributed by atoms with Gasteiger partial charge in [0.1, 0.15) is 0 Å². The molecule has 4 nitrogen and oxygen atoms in total. The van der Waals surface area contributed by atoms with E-state index in [-0.39, 0.29) is 0 Å². The molecule has 110 valence electrons. The Kier molecular flexibility index (Phi) is 5.20. The largest absolute Gasteiger partial charge is 0.500 e. The van der Waals surface area contributed by atoms with Crippen LogP contribution in [-0.2, 0) is 18.0 Å². The van der Waals surface area contributed by atoms with Gasteiger partial charge in [-0.3, -0.25) is 0 Å². The van der Waals surface area contributed by atoms with Gasteiger partial charge in [0.25, 0.3) is 0 Å². The predicted octanol–water partition coefficient (Wildman–Crippen LogP) is 2.62. The van der Waals surface area contributed by atoms with Crippen LogP contribution in [0.3, 0.4) is 0 Å². The van der Waals surface area contributed by atoms with E-state index >= 15 is 0 Å². The summed E-state index contributed by atoms with van der Waals surface area (Å²) in [6.45, 7) is 2.24. The molecule has 19 heavy (non-hydrogen) atoms. The Morgan fingerprint density at radius 3 is 1.95 bits per heavy atom. The van der Waals surface area contributed by atoms with Crippen molar-refractivity contribution in [2.75, 3.05) is 21.3 Å². The molecule has 2 aliphatic rings. The minimum absolute atomic E-state index is 0.291. The molecule has 1 fully saturated rings. The molecule has 2 heterocycles. The monoisotopic (exact) mass is 286 g/mol. The molecule has 4 unspecified atom stereocenters. The molecule has 0 saturated carbocycles. The lowest BCUT2D eigenvalue weighted by atomic mass is 9.79. The molecule has 0 amide bonds. The van der Waals surface area contributed by atoms with Crippen molar-refractivity contribution in [3.63, 3.8) is 0 Å². The first-order chi connectivity index (χ1) is 9.19. The van der Waals surface area contributed by atoms with Gasteiger partial charge in [0, 0.05) is 27.4 Å². The van der Waals surface area contributed by atoms with Gasteiger partial charge in [-0.05, 0) is 24.7 Å². The van der Waals surface area contributed by atoms with Crippen molar-refractivity contribution >= 4 is 8.80 Å². The maximum Gasteiger partial charge on any atom is 0.500 e. The molecule has 4 atom stereocenters. The molecular weight excluding hydrogens is 260 g/mol. The van der Waals surface area contributed by atoms with Crippen LogP contribution in [0, 0.1) is 11.8 Å². The average molecular weight is 286 g/mol. The summed E-state index contributed by atoms with van der Waals surface area (Å²) < 4.78 is 22.5. The molecule has 5 heteroatoms. The first kappa shape index (κ1) is 15.2. The topological polar surface area (TPSA) is 36.9 Å². The van der Waals surface area contributed by atoms with Gasteiger partial charge in [0.15, 0.2) is 0 Å². The Labute approximate surface area is 117 Å². The molecule has 0 spiro atoms. The second-order valence-electron chi connectivity index (χ2n) is 5.40. The van der Waals surface area contributed by atoms with Gasteiger partial charge in [-0.2, -0.15) is 0 Å². The van der Waals surface area contributed by atoms with Gasteiger partial charge in [0.05, 0.1) is 12.2 Å². The number of fused-ring (bicyclic) bond motifs is 2. The van der Waals surface area contributed by atoms with E-state index in [1.54, 1.807) is 21.3 Å². The van der Waals surface area contributed by atoms with Crippen LogP contribution >= 0.6 is 0 Å². The zero-order valence-electron chi connectivity index (χ0n) is 12.4. The van der Waals surface area contributed by atoms with Crippen LogP contribution < -0.4 is 0 Å². The number of hydrogen-bond acceptors (Lipinski definition) is 4. The van der Waals surface area contributed by atoms with E-state index < -0.39 is 8.80 Å². The van der Waals surface area contributed by atoms with Crippen molar-refractivity contribution in [3.8, 4) is 0 Å². The second kappa shape index (κ2) is 6.50. The zero-order chi connectivity index (χ0) is 13.9. The van der Waals surface area contributed by atoms with Gasteiger partial charge >= 0.3 is 8.80 Å². The fourth-order valence-electron chi connectivity index (χ4n) is 3.46. The van der Waals surface area contributed by atoms with Crippen molar-refractivity contribution in [1.29, 1.82) is 0 Å². The fraction of sp³-hybridized carbons (Fsp3) is 0.857. The van der Waals surface area contributed by atoms with Crippen molar-refractivity contribution in [1.82, 2.24) is 0 Å². The highest BCUT2D eigenvalue weighted by atomic mass is 28.4. The SMILES string of the molecule is CCCC1C2C=CC(O2)C1CC[Si](OC)(OC)OC. The first-order valence-electron chi connectivity index (χ1n) is 7.19. The van der Waals surface area contributed by atoms with Crippen LogP contribution in [0.5, 0.6) is 0 Å². The normalized spacial score (nSPS) is 33.3. The molecule has 0 radical (unpaired) electrons. The standard InChI is InChI=1S/C14H26O4Si/c1-5-6-11-12(14-8-7-13(11)18-14)9-10-19(15-2,16-3)17-4/h7-8,11-14H,5-6,9-10H2,1-4H3. The van der Waals surface area contributed by atoms with Crippen LogP contribution in [-0.4, -0.2) is 42.3 Å². The maximum atomic E-state index is 6.00. The highest BCUT2D eigenvalue weighted by Crippen LogP contribution is 2.44. The average Bonchev–Trinajstić information content (AvgIpc) is 3.03. The smallest absolute Gasteiger partial charge is 0.377 e. The summed E-state index contributed by atoms with van der Waals surface area (Å²) in [4.78, 5) is 0. The van der Waals surface area contributed by atoms with Gasteiger partial charge in [-0.1, -0.05) is 25.5 Å². The van der Waals surface area contributed by atoms with Crippen LogP contribution in [0.15, 0.2) is 12.2 Å². The molecule has 1 saturated heterocycles. The number of hydrogen-bond donors (Lipinski definition) is 0. The van der Waals surface area contributed by atoms with Gasteiger partial charge < -0.3 is 18.0 Å². The Hall–Kier alpha value is -0.203. The van der Waals surface area contributed by atoms with Gasteiger partial charge in [-0.15, -0.1) is 0 Å². The van der Waals surface area contributed by atoms with Crippen molar-refractivity contribution in [2.45, 2.75) is 44.4 Å². The molecule has 0 aromatic carbocycles. The van der Waals surface area contributed by atoms with E-state index in [4.69, 9.17) is 18.0 Å². The summed E-state index contributed by atoms with van der Waals surface area (Å²) in [5.41, 5.74) is 0. The Bertz CT molecular complexity index is 308. The fourth-order valence-corrected chi connectivity index (χ4v) is 5.25. The third kappa shape index (κ3) is 2.95. The lowest BCUT2D eigenvalue weighted by Crippen LogP contribution is -2.43. The van der Waals surface area contributed by atoms with E-state index in [2.05, 4.69) is 19.1 Å². The van der Waals surface area contributed by atoms with Gasteiger partial charge in [0.2, 0.25) is 0 Å². The lowest BCUT2D eigenvalue weighted by molar-refractivity contribution is 0.0992. The van der Waals surface area contributed by atoms with Crippen LogP contribution in [0.2, 0.25) is 6.04 Å². The molecule has 0 N–H and O–H groups in total. The zero-order valence-corrected chi connectivity index (χ0v) is 13.4. The Balaban J connectivity index is 1.96. The third-order valence-corrected chi connectivity index (χ3v) is 7.30. The summed E-state index contributed by atoms with van der Waals surface area (Å²) in [5.74, 6) is 1.24. The minimum atomic E-state index is -2.44. The van der Waals surface area contributed by atoms with Crippen molar-refractivity contribution in [2.24, 2.45) is 11.8 Å². The van der Waals surface area contributed by atoms with E-state index in [1.807, 2.05) is 0 Å². The maximum absolute atomic E-state index is 6.00. The number of rotatable bonds is 8. The summed E-state index contributed by atoms with van der Waals surface area (Å²) in [5, 5.41) is 0. The van der Waals surface area contributed by atoms with E-state index in [0.717, 1.165) is 12.5 Å². The summed E-state index contributed by atoms with van der Waals surface area (Å²) in [6.07, 6.45) is 8.57. The first-order valence-corrected chi connectivity index (χ1v) is 9.12. The number of ether oxygens (including phenoxy) is 1. The lowest BCUT2D eigenvalue weighted by Gasteiger charge is -2.29. The van der Waals surface area contributed by atoms with Gasteiger partial charge in [-0.25, -0.2) is 0 Å². The van der Waals surface area contributed by atoms with Crippen LogP contribution in [0.25, 0.3) is 0 Å². The van der Waals surface area contributed by atoms with E-state index in [9.17, 15) is 0 Å². The molecule has 0 aromatic rings. The molecule has 2 rings (SSSR count). The molecule has 0 aliphatic carbocycles.